The Morgan fingerprint density at radius 3 is 2.53 bits per heavy atom. The Bertz CT molecular complexity index is 373. The van der Waals surface area contributed by atoms with Crippen molar-refractivity contribution < 1.29 is 4.79 Å². The Kier molecular flexibility index (Phi) is 6.43. The van der Waals surface area contributed by atoms with Crippen molar-refractivity contribution in [2.75, 3.05) is 6.54 Å². The number of alkyl halides is 2. The summed E-state index contributed by atoms with van der Waals surface area (Å²) in [6.45, 7) is 0.535. The molecule has 0 saturated carbocycles. The average molecular weight is 427 g/mol. The van der Waals surface area contributed by atoms with Crippen LogP contribution in [-0.2, 0) is 20.1 Å². The van der Waals surface area contributed by atoms with Crippen molar-refractivity contribution in [2.45, 2.75) is 15.3 Å². The molecule has 0 saturated heterocycles. The number of nitrogens with zero attached hydrogens (tertiary/aromatic N) is 1. The van der Waals surface area contributed by atoms with Gasteiger partial charge in [-0.3, -0.25) is 0 Å². The molecule has 2 nitrogen and oxygen atoms in total. The third kappa shape index (κ3) is 4.20. The van der Waals surface area contributed by atoms with Gasteiger partial charge in [-0.15, -0.1) is 0 Å². The molecule has 0 fully saturated rings. The Labute approximate surface area is 117 Å². The highest BCUT2D eigenvalue weighted by molar-refractivity contribution is 14.1. The maximum absolute atomic E-state index is 9.92. The van der Waals surface area contributed by atoms with E-state index < -0.39 is 0 Å². The summed E-state index contributed by atoms with van der Waals surface area (Å²) in [7, 11) is 0. The zero-order valence-electron chi connectivity index (χ0n) is 8.17. The van der Waals surface area contributed by atoms with Crippen LogP contribution in [-0.4, -0.2) is 12.6 Å². The number of rotatable bonds is 5. The van der Waals surface area contributed by atoms with Crippen molar-refractivity contribution in [3.05, 3.63) is 34.9 Å². The van der Waals surface area contributed by atoms with Gasteiger partial charge in [0.15, 0.2) is 0 Å². The quantitative estimate of drug-likeness (QED) is 0.307. The molecule has 1 aromatic carbocycles. The van der Waals surface area contributed by atoms with Crippen LogP contribution < -0.4 is 0 Å². The van der Waals surface area contributed by atoms with Crippen LogP contribution in [0.3, 0.4) is 0 Å². The summed E-state index contributed by atoms with van der Waals surface area (Å²) in [6, 6.07) is 6.49. The molecule has 0 aliphatic rings. The van der Waals surface area contributed by atoms with Crippen molar-refractivity contribution in [3.63, 3.8) is 0 Å². The summed E-state index contributed by atoms with van der Waals surface area (Å²) in [5.41, 5.74) is 4.03. The van der Waals surface area contributed by atoms with E-state index in [0.29, 0.717) is 6.54 Å². The van der Waals surface area contributed by atoms with Crippen LogP contribution in [0.2, 0.25) is 0 Å². The van der Waals surface area contributed by atoms with Crippen LogP contribution in [0.1, 0.15) is 16.7 Å². The molecule has 0 amide bonds. The number of carbonyl (C=O) groups excluding carboxylic acids is 1. The van der Waals surface area contributed by atoms with E-state index in [1.807, 2.05) is 0 Å². The number of aliphatic imine (C=N–C) groups is 1. The molecule has 0 heterocycles. The first-order valence-electron chi connectivity index (χ1n) is 4.58. The molecule has 0 atom stereocenters. The molecule has 0 unspecified atom stereocenters. The van der Waals surface area contributed by atoms with Gasteiger partial charge in [0, 0.05) is 8.86 Å². The van der Waals surface area contributed by atoms with E-state index in [9.17, 15) is 4.79 Å². The summed E-state index contributed by atoms with van der Waals surface area (Å²) in [6.07, 6.45) is 2.38. The molecular weight excluding hydrogens is 416 g/mol. The molecule has 4 heteroatoms. The lowest BCUT2D eigenvalue weighted by molar-refractivity contribution is 0.563. The second-order valence-electron chi connectivity index (χ2n) is 3.09. The highest BCUT2D eigenvalue weighted by Crippen LogP contribution is 2.18. The second-order valence-corrected chi connectivity index (χ2v) is 4.62. The maximum Gasteiger partial charge on any atom is 0.234 e. The van der Waals surface area contributed by atoms with Crippen molar-refractivity contribution in [3.8, 4) is 0 Å². The largest absolute Gasteiger partial charge is 0.234 e. The number of halogens is 2. The van der Waals surface area contributed by atoms with Gasteiger partial charge in [0.25, 0.3) is 0 Å². The second kappa shape index (κ2) is 7.35. The number of benzene rings is 1. The molecule has 15 heavy (non-hydrogen) atoms. The van der Waals surface area contributed by atoms with Crippen LogP contribution in [0.4, 0.5) is 0 Å². The molecule has 1 rings (SSSR count). The topological polar surface area (TPSA) is 29.4 Å². The Hall–Kier alpha value is 0.0600. The first-order chi connectivity index (χ1) is 7.31. The van der Waals surface area contributed by atoms with Crippen molar-refractivity contribution in [1.82, 2.24) is 0 Å². The van der Waals surface area contributed by atoms with Crippen LogP contribution in [0.5, 0.6) is 0 Å². The van der Waals surface area contributed by atoms with Crippen LogP contribution in [0.25, 0.3) is 0 Å². The third-order valence-electron chi connectivity index (χ3n) is 2.14. The Morgan fingerprint density at radius 1 is 1.20 bits per heavy atom. The average Bonchev–Trinajstić information content (AvgIpc) is 2.29. The van der Waals surface area contributed by atoms with Gasteiger partial charge in [-0.05, 0) is 23.1 Å². The van der Waals surface area contributed by atoms with Crippen LogP contribution in [0, 0.1) is 0 Å². The van der Waals surface area contributed by atoms with Crippen LogP contribution >= 0.6 is 45.2 Å². The van der Waals surface area contributed by atoms with E-state index in [1.165, 1.54) is 16.7 Å². The van der Waals surface area contributed by atoms with Gasteiger partial charge in [0.2, 0.25) is 6.08 Å². The normalized spacial score (nSPS) is 9.73. The van der Waals surface area contributed by atoms with E-state index in [0.717, 1.165) is 15.3 Å². The fraction of sp³-hybridized carbons (Fsp3) is 0.364. The lowest BCUT2D eigenvalue weighted by atomic mass is 10.0. The van der Waals surface area contributed by atoms with Gasteiger partial charge in [-0.1, -0.05) is 63.4 Å². The molecule has 0 aliphatic heterocycles. The van der Waals surface area contributed by atoms with E-state index >= 15 is 0 Å². The zero-order chi connectivity index (χ0) is 11.1. The van der Waals surface area contributed by atoms with Gasteiger partial charge in [0.1, 0.15) is 0 Å². The molecule has 0 bridgehead atoms. The molecule has 1 aromatic rings. The minimum absolute atomic E-state index is 0.535. The van der Waals surface area contributed by atoms with Crippen LogP contribution in [0.15, 0.2) is 23.2 Å². The van der Waals surface area contributed by atoms with Gasteiger partial charge < -0.3 is 0 Å². The molecule has 80 valence electrons. The van der Waals surface area contributed by atoms with Gasteiger partial charge in [-0.25, -0.2) is 9.79 Å². The maximum atomic E-state index is 9.92. The Balaban J connectivity index is 2.78. The Morgan fingerprint density at radius 2 is 1.93 bits per heavy atom. The summed E-state index contributed by atoms with van der Waals surface area (Å²) >= 11 is 4.75. The smallest absolute Gasteiger partial charge is 0.211 e. The van der Waals surface area contributed by atoms with E-state index in [1.54, 1.807) is 6.08 Å². The molecule has 0 N–H and O–H groups in total. The van der Waals surface area contributed by atoms with E-state index in [-0.39, 0.29) is 0 Å². The number of isocyanates is 1. The monoisotopic (exact) mass is 427 g/mol. The fourth-order valence-corrected chi connectivity index (χ4v) is 2.77. The summed E-state index contributed by atoms with van der Waals surface area (Å²) in [4.78, 5) is 13.5. The fourth-order valence-electron chi connectivity index (χ4n) is 1.32. The molecule has 0 radical (unpaired) electrons. The van der Waals surface area contributed by atoms with Gasteiger partial charge in [-0.2, -0.15) is 0 Å². The molecular formula is C11H11I2NO. The summed E-state index contributed by atoms with van der Waals surface area (Å²) < 4.78 is 2.07. The predicted octanol–water partition coefficient (Wildman–Crippen LogP) is 3.43. The summed E-state index contributed by atoms with van der Waals surface area (Å²) in [5, 5.41) is 0. The van der Waals surface area contributed by atoms with Gasteiger partial charge >= 0.3 is 0 Å². The lowest BCUT2D eigenvalue weighted by Crippen LogP contribution is -1.94. The molecule has 0 spiro atoms. The predicted molar refractivity (Wildman–Crippen MR) is 78.6 cm³/mol. The van der Waals surface area contributed by atoms with Crippen molar-refractivity contribution >= 4 is 51.3 Å². The summed E-state index contributed by atoms with van der Waals surface area (Å²) in [5.74, 6) is 0. The number of hydrogen-bond donors (Lipinski definition) is 0. The minimum atomic E-state index is 0.535. The van der Waals surface area contributed by atoms with Gasteiger partial charge in [0.05, 0.1) is 6.54 Å². The molecule has 0 aromatic heterocycles. The minimum Gasteiger partial charge on any atom is -0.211 e. The lowest BCUT2D eigenvalue weighted by Gasteiger charge is -2.06. The standard InChI is InChI=1S/C11H11I2NO/c12-6-10-2-1-9(3-4-14-8-15)5-11(10)7-13/h1-2,5H,3-4,6-7H2. The molecule has 0 aliphatic carbocycles. The zero-order valence-corrected chi connectivity index (χ0v) is 12.5. The number of hydrogen-bond acceptors (Lipinski definition) is 2. The SMILES string of the molecule is O=C=NCCc1ccc(CI)c(CI)c1. The first kappa shape index (κ1) is 13.1. The third-order valence-corrected chi connectivity index (χ3v) is 3.78. The first-order valence-corrected chi connectivity index (χ1v) is 7.63. The van der Waals surface area contributed by atoms with Crippen molar-refractivity contribution in [1.29, 1.82) is 0 Å². The van der Waals surface area contributed by atoms with Crippen molar-refractivity contribution in [2.24, 2.45) is 4.99 Å². The van der Waals surface area contributed by atoms with E-state index in [4.69, 9.17) is 0 Å². The highest BCUT2D eigenvalue weighted by Gasteiger charge is 2.01. The van der Waals surface area contributed by atoms with E-state index in [2.05, 4.69) is 68.4 Å². The highest BCUT2D eigenvalue weighted by atomic mass is 127.